The molecule has 0 bridgehead atoms. The number of hydrogen-bond acceptors (Lipinski definition) is 6. The van der Waals surface area contributed by atoms with Gasteiger partial charge in [-0.25, -0.2) is 4.39 Å². The third-order valence-corrected chi connectivity index (χ3v) is 5.29. The van der Waals surface area contributed by atoms with E-state index < -0.39 is 10.5 Å². The Morgan fingerprint density at radius 3 is 2.72 bits per heavy atom. The standard InChI is InChI=1S/C20H18FN5O3/c1-20(12-25-10-18(26(27)28)23-19(25)29-20)11-24-8-14-4-7-16(22-17(14)9-24)13-2-5-15(21)6-3-13/h2-7,10H,8-9,11-12H2,1H3. The van der Waals surface area contributed by atoms with Gasteiger partial charge in [-0.15, -0.1) is 0 Å². The molecule has 9 heteroatoms. The molecular formula is C20H18FN5O3. The van der Waals surface area contributed by atoms with Crippen molar-refractivity contribution in [2.24, 2.45) is 0 Å². The molecule has 148 valence electrons. The van der Waals surface area contributed by atoms with Crippen molar-refractivity contribution in [3.63, 3.8) is 0 Å². The highest BCUT2D eigenvalue weighted by molar-refractivity contribution is 5.59. The number of rotatable bonds is 4. The second kappa shape index (κ2) is 6.35. The molecule has 0 N–H and O–H groups in total. The molecule has 5 rings (SSSR count). The Morgan fingerprint density at radius 2 is 2.00 bits per heavy atom. The predicted octanol–water partition coefficient (Wildman–Crippen LogP) is 3.16. The Labute approximate surface area is 165 Å². The first-order chi connectivity index (χ1) is 13.9. The Balaban J connectivity index is 1.29. The number of pyridine rings is 1. The molecule has 8 nitrogen and oxygen atoms in total. The zero-order chi connectivity index (χ0) is 20.2. The highest BCUT2D eigenvalue weighted by Crippen LogP contribution is 2.33. The third kappa shape index (κ3) is 3.23. The molecule has 0 saturated heterocycles. The first-order valence-electron chi connectivity index (χ1n) is 9.26. The molecule has 1 aromatic carbocycles. The van der Waals surface area contributed by atoms with Crippen LogP contribution in [0.3, 0.4) is 0 Å². The molecule has 0 amide bonds. The number of benzene rings is 1. The number of fused-ring (bicyclic) bond motifs is 2. The van der Waals surface area contributed by atoms with Gasteiger partial charge in [-0.1, -0.05) is 6.07 Å². The summed E-state index contributed by atoms with van der Waals surface area (Å²) in [6.45, 7) is 4.57. The van der Waals surface area contributed by atoms with Gasteiger partial charge >= 0.3 is 11.8 Å². The van der Waals surface area contributed by atoms with Crippen LogP contribution in [0.5, 0.6) is 6.01 Å². The van der Waals surface area contributed by atoms with E-state index in [0.717, 1.165) is 29.1 Å². The molecule has 0 spiro atoms. The number of nitrogens with zero attached hydrogens (tertiary/aromatic N) is 5. The summed E-state index contributed by atoms with van der Waals surface area (Å²) >= 11 is 0. The SMILES string of the molecule is CC1(CN2Cc3ccc(-c4ccc(F)cc4)nc3C2)Cn2cc([N+](=O)[O-])nc2O1. The van der Waals surface area contributed by atoms with Crippen LogP contribution < -0.4 is 4.74 Å². The van der Waals surface area contributed by atoms with Crippen LogP contribution in [0.15, 0.2) is 42.6 Å². The van der Waals surface area contributed by atoms with E-state index in [2.05, 4.69) is 16.0 Å². The number of nitro groups is 1. The van der Waals surface area contributed by atoms with Crippen LogP contribution in [0.25, 0.3) is 11.3 Å². The average Bonchev–Trinajstić information content (AvgIpc) is 3.32. The van der Waals surface area contributed by atoms with Gasteiger partial charge in [0.15, 0.2) is 0 Å². The van der Waals surface area contributed by atoms with Gasteiger partial charge in [0.25, 0.3) is 0 Å². The van der Waals surface area contributed by atoms with Crippen molar-refractivity contribution < 1.29 is 14.1 Å². The fourth-order valence-electron chi connectivity index (χ4n) is 4.05. The highest BCUT2D eigenvalue weighted by Gasteiger charge is 2.42. The summed E-state index contributed by atoms with van der Waals surface area (Å²) in [5, 5.41) is 10.9. The van der Waals surface area contributed by atoms with Crippen molar-refractivity contribution in [1.82, 2.24) is 19.4 Å². The van der Waals surface area contributed by atoms with Gasteiger partial charge in [0.1, 0.15) is 17.6 Å². The van der Waals surface area contributed by atoms with E-state index in [4.69, 9.17) is 9.72 Å². The third-order valence-electron chi connectivity index (χ3n) is 5.29. The second-order valence-electron chi connectivity index (χ2n) is 7.77. The molecule has 1 unspecified atom stereocenters. The van der Waals surface area contributed by atoms with Gasteiger partial charge < -0.3 is 14.9 Å². The van der Waals surface area contributed by atoms with Gasteiger partial charge in [0.05, 0.1) is 17.9 Å². The van der Waals surface area contributed by atoms with E-state index in [1.54, 1.807) is 16.7 Å². The number of halogens is 1. The first kappa shape index (κ1) is 17.7. The van der Waals surface area contributed by atoms with Crippen molar-refractivity contribution in [3.05, 3.63) is 69.8 Å². The van der Waals surface area contributed by atoms with Crippen LogP contribution in [0, 0.1) is 15.9 Å². The number of aromatic nitrogens is 3. The van der Waals surface area contributed by atoms with Crippen LogP contribution in [0.4, 0.5) is 10.2 Å². The van der Waals surface area contributed by atoms with Crippen LogP contribution in [-0.2, 0) is 19.6 Å². The summed E-state index contributed by atoms with van der Waals surface area (Å²) in [4.78, 5) is 21.3. The molecule has 2 aromatic heterocycles. The van der Waals surface area contributed by atoms with Gasteiger partial charge in [-0.05, 0) is 47.7 Å². The molecule has 0 aliphatic carbocycles. The number of ether oxygens (including phenoxy) is 1. The van der Waals surface area contributed by atoms with Crippen LogP contribution in [0.1, 0.15) is 18.2 Å². The fraction of sp³-hybridized carbons (Fsp3) is 0.300. The molecule has 2 aliphatic heterocycles. The molecule has 0 radical (unpaired) electrons. The van der Waals surface area contributed by atoms with Crippen LogP contribution in [-0.4, -0.2) is 36.5 Å². The fourth-order valence-corrected chi connectivity index (χ4v) is 4.05. The van der Waals surface area contributed by atoms with Crippen molar-refractivity contribution in [2.45, 2.75) is 32.2 Å². The van der Waals surface area contributed by atoms with Gasteiger partial charge in [0, 0.05) is 30.2 Å². The maximum Gasteiger partial charge on any atom is 0.415 e. The topological polar surface area (TPSA) is 86.3 Å². The minimum atomic E-state index is -0.520. The zero-order valence-electron chi connectivity index (χ0n) is 15.7. The van der Waals surface area contributed by atoms with Crippen molar-refractivity contribution >= 4 is 5.82 Å². The minimum Gasteiger partial charge on any atom is -0.436 e. The quantitative estimate of drug-likeness (QED) is 0.498. The zero-order valence-corrected chi connectivity index (χ0v) is 15.7. The van der Waals surface area contributed by atoms with E-state index in [9.17, 15) is 14.5 Å². The van der Waals surface area contributed by atoms with Gasteiger partial charge in [0.2, 0.25) is 0 Å². The van der Waals surface area contributed by atoms with Crippen LogP contribution >= 0.6 is 0 Å². The lowest BCUT2D eigenvalue weighted by atomic mass is 10.1. The van der Waals surface area contributed by atoms with Crippen LogP contribution in [0.2, 0.25) is 0 Å². The molecule has 1 atom stereocenters. The number of hydrogen-bond donors (Lipinski definition) is 0. The molecule has 2 aliphatic rings. The summed E-state index contributed by atoms with van der Waals surface area (Å²) in [6, 6.07) is 10.6. The summed E-state index contributed by atoms with van der Waals surface area (Å²) in [6.07, 6.45) is 1.41. The van der Waals surface area contributed by atoms with Crippen molar-refractivity contribution in [3.8, 4) is 17.3 Å². The van der Waals surface area contributed by atoms with Gasteiger partial charge in [-0.2, -0.15) is 0 Å². The smallest absolute Gasteiger partial charge is 0.415 e. The predicted molar refractivity (Wildman–Crippen MR) is 102 cm³/mol. The Kier molecular flexibility index (Phi) is 3.88. The summed E-state index contributed by atoms with van der Waals surface area (Å²) in [7, 11) is 0. The minimum absolute atomic E-state index is 0.201. The van der Waals surface area contributed by atoms with Crippen molar-refractivity contribution in [2.75, 3.05) is 6.54 Å². The van der Waals surface area contributed by atoms with E-state index in [0.29, 0.717) is 19.6 Å². The summed E-state index contributed by atoms with van der Waals surface area (Å²) in [5.74, 6) is -0.468. The average molecular weight is 395 g/mol. The molecule has 0 fully saturated rings. The largest absolute Gasteiger partial charge is 0.436 e. The normalized spacial score (nSPS) is 20.3. The first-order valence-corrected chi connectivity index (χ1v) is 9.26. The summed E-state index contributed by atoms with van der Waals surface area (Å²) < 4.78 is 20.8. The number of imidazole rings is 1. The molecule has 29 heavy (non-hydrogen) atoms. The lowest BCUT2D eigenvalue weighted by Crippen LogP contribution is -2.43. The molecule has 0 saturated carbocycles. The highest BCUT2D eigenvalue weighted by atomic mass is 19.1. The monoisotopic (exact) mass is 395 g/mol. The summed E-state index contributed by atoms with van der Waals surface area (Å²) in [5.41, 5.74) is 3.35. The van der Waals surface area contributed by atoms with Gasteiger partial charge in [-0.3, -0.25) is 14.5 Å². The Bertz CT molecular complexity index is 1090. The Morgan fingerprint density at radius 1 is 1.21 bits per heavy atom. The molecule has 4 heterocycles. The van der Waals surface area contributed by atoms with E-state index in [1.165, 1.54) is 18.3 Å². The van der Waals surface area contributed by atoms with E-state index >= 15 is 0 Å². The Hall–Kier alpha value is -3.33. The van der Waals surface area contributed by atoms with E-state index in [-0.39, 0.29) is 17.6 Å². The second-order valence-corrected chi connectivity index (χ2v) is 7.77. The van der Waals surface area contributed by atoms with E-state index in [1.807, 2.05) is 13.0 Å². The lowest BCUT2D eigenvalue weighted by Gasteiger charge is -2.27. The maximum atomic E-state index is 13.2. The lowest BCUT2D eigenvalue weighted by molar-refractivity contribution is -0.389. The molecular weight excluding hydrogens is 377 g/mol. The maximum absolute atomic E-state index is 13.2. The molecule has 3 aromatic rings. The van der Waals surface area contributed by atoms with Crippen molar-refractivity contribution in [1.29, 1.82) is 0 Å².